The number of carbonyl (C=O) groups excluding carboxylic acids is 1. The first kappa shape index (κ1) is 19.5. The Kier molecular flexibility index (Phi) is 4.35. The Morgan fingerprint density at radius 1 is 0.529 bits per heavy atom. The molecular weight excluding hydrogens is 416 g/mol. The minimum absolute atomic E-state index is 0.122. The second-order valence-corrected chi connectivity index (χ2v) is 9.63. The van der Waals surface area contributed by atoms with Crippen molar-refractivity contribution in [2.24, 2.45) is 0 Å². The number of ketones is 1. The zero-order valence-corrected chi connectivity index (χ0v) is 18.9. The molecule has 6 aromatic carbocycles. The molecule has 0 spiro atoms. The fraction of sp³-hybridized carbons (Fsp3) is 0.156. The summed E-state index contributed by atoms with van der Waals surface area (Å²) >= 11 is 0. The summed E-state index contributed by atoms with van der Waals surface area (Å²) in [6, 6.07) is 33.2. The lowest BCUT2D eigenvalue weighted by Crippen LogP contribution is -2.24. The molecule has 1 aliphatic rings. The summed E-state index contributed by atoms with van der Waals surface area (Å²) in [6.07, 6.45) is 3.02. The zero-order valence-electron chi connectivity index (χ0n) is 18.9. The van der Waals surface area contributed by atoms with Gasteiger partial charge in [-0.25, -0.2) is 0 Å². The average molecular weight is 441 g/mol. The van der Waals surface area contributed by atoms with Crippen LogP contribution in [0.15, 0.2) is 91.0 Å². The van der Waals surface area contributed by atoms with Gasteiger partial charge in [-0.3, -0.25) is 4.79 Å². The SMILES string of the molecule is O=C1CCC(Oc2cccc3cc4cc5cc6cc7ccccc7cc6cc5cc4cc23)CC1. The van der Waals surface area contributed by atoms with Gasteiger partial charge in [0.05, 0.1) is 6.10 Å². The molecule has 34 heavy (non-hydrogen) atoms. The van der Waals surface area contributed by atoms with Crippen LogP contribution in [0.3, 0.4) is 0 Å². The van der Waals surface area contributed by atoms with Gasteiger partial charge in [0.2, 0.25) is 0 Å². The first-order valence-corrected chi connectivity index (χ1v) is 12.1. The summed E-state index contributed by atoms with van der Waals surface area (Å²) in [5, 5.41) is 12.4. The van der Waals surface area contributed by atoms with E-state index in [9.17, 15) is 4.79 Å². The molecule has 0 N–H and O–H groups in total. The van der Waals surface area contributed by atoms with Gasteiger partial charge in [-0.2, -0.15) is 0 Å². The summed E-state index contributed by atoms with van der Waals surface area (Å²) in [4.78, 5) is 11.6. The lowest BCUT2D eigenvalue weighted by Gasteiger charge is -2.23. The van der Waals surface area contributed by atoms with Gasteiger partial charge >= 0.3 is 0 Å². The standard InChI is InChI=1S/C32H24O2/c33-29-8-10-30(11-9-29)34-32-7-3-6-22-14-25-17-26-15-23-12-20-4-1-2-5-21(20)13-24(23)16-27(26)18-28(25)19-31(22)32/h1-7,12-19,30H,8-11H2. The molecule has 164 valence electrons. The minimum Gasteiger partial charge on any atom is -0.490 e. The van der Waals surface area contributed by atoms with Crippen molar-refractivity contribution in [2.45, 2.75) is 31.8 Å². The predicted molar refractivity (Wildman–Crippen MR) is 142 cm³/mol. The van der Waals surface area contributed by atoms with E-state index in [1.165, 1.54) is 48.5 Å². The normalized spacial score (nSPS) is 15.1. The third kappa shape index (κ3) is 3.30. The fourth-order valence-corrected chi connectivity index (χ4v) is 5.51. The van der Waals surface area contributed by atoms with Crippen molar-refractivity contribution in [3.05, 3.63) is 91.0 Å². The van der Waals surface area contributed by atoms with E-state index >= 15 is 0 Å². The maximum absolute atomic E-state index is 11.6. The molecule has 0 bridgehead atoms. The number of benzene rings is 6. The largest absolute Gasteiger partial charge is 0.490 e. The molecule has 0 atom stereocenters. The number of fused-ring (bicyclic) bond motifs is 5. The van der Waals surface area contributed by atoms with Gasteiger partial charge in [0.25, 0.3) is 0 Å². The molecule has 0 radical (unpaired) electrons. The van der Waals surface area contributed by atoms with Crippen molar-refractivity contribution >= 4 is 59.6 Å². The highest BCUT2D eigenvalue weighted by atomic mass is 16.5. The van der Waals surface area contributed by atoms with Gasteiger partial charge in [0.1, 0.15) is 11.5 Å². The Morgan fingerprint density at radius 2 is 1.00 bits per heavy atom. The van der Waals surface area contributed by atoms with Crippen molar-refractivity contribution < 1.29 is 9.53 Å². The summed E-state index contributed by atoms with van der Waals surface area (Å²) in [5.41, 5.74) is 0. The quantitative estimate of drug-likeness (QED) is 0.253. The summed E-state index contributed by atoms with van der Waals surface area (Å²) in [7, 11) is 0. The maximum atomic E-state index is 11.6. The van der Waals surface area contributed by atoms with Gasteiger partial charge < -0.3 is 4.74 Å². The molecule has 7 rings (SSSR count). The molecular formula is C32H24O2. The maximum Gasteiger partial charge on any atom is 0.133 e. The van der Waals surface area contributed by atoms with Crippen molar-refractivity contribution in [3.8, 4) is 5.75 Å². The van der Waals surface area contributed by atoms with Crippen molar-refractivity contribution in [3.63, 3.8) is 0 Å². The van der Waals surface area contributed by atoms with E-state index < -0.39 is 0 Å². The highest BCUT2D eigenvalue weighted by Crippen LogP contribution is 2.35. The van der Waals surface area contributed by atoms with Crippen molar-refractivity contribution in [1.82, 2.24) is 0 Å². The third-order valence-electron chi connectivity index (χ3n) is 7.36. The second kappa shape index (κ2) is 7.56. The number of carbonyl (C=O) groups is 1. The first-order valence-electron chi connectivity index (χ1n) is 12.1. The lowest BCUT2D eigenvalue weighted by atomic mass is 9.95. The van der Waals surface area contributed by atoms with E-state index in [0.717, 1.165) is 24.0 Å². The highest BCUT2D eigenvalue weighted by Gasteiger charge is 2.20. The topological polar surface area (TPSA) is 26.3 Å². The Labute approximate surface area is 197 Å². The van der Waals surface area contributed by atoms with Crippen LogP contribution in [0.25, 0.3) is 53.9 Å². The predicted octanol–water partition coefficient (Wildman–Crippen LogP) is 8.34. The van der Waals surface area contributed by atoms with Crippen molar-refractivity contribution in [2.75, 3.05) is 0 Å². The summed E-state index contributed by atoms with van der Waals surface area (Å²) in [5.74, 6) is 1.28. The van der Waals surface area contributed by atoms with E-state index in [4.69, 9.17) is 4.74 Å². The third-order valence-corrected chi connectivity index (χ3v) is 7.36. The smallest absolute Gasteiger partial charge is 0.133 e. The Balaban J connectivity index is 1.37. The number of ether oxygens (including phenoxy) is 1. The molecule has 0 unspecified atom stereocenters. The molecule has 2 heteroatoms. The van der Waals surface area contributed by atoms with E-state index in [1.54, 1.807) is 0 Å². The molecule has 0 aromatic heterocycles. The van der Waals surface area contributed by atoms with Crippen LogP contribution in [0.1, 0.15) is 25.7 Å². The van der Waals surface area contributed by atoms with E-state index in [-0.39, 0.29) is 6.10 Å². The molecule has 1 saturated carbocycles. The van der Waals surface area contributed by atoms with E-state index in [0.29, 0.717) is 18.6 Å². The van der Waals surface area contributed by atoms with Crippen LogP contribution in [0, 0.1) is 0 Å². The monoisotopic (exact) mass is 440 g/mol. The molecule has 0 saturated heterocycles. The number of Topliss-reactive ketones (excluding diaryl/α,β-unsaturated/α-hetero) is 1. The van der Waals surface area contributed by atoms with Gasteiger partial charge in [-0.15, -0.1) is 0 Å². The van der Waals surface area contributed by atoms with Crippen LogP contribution in [0.2, 0.25) is 0 Å². The molecule has 2 nitrogen and oxygen atoms in total. The highest BCUT2D eigenvalue weighted by molar-refractivity contribution is 6.10. The number of hydrogen-bond acceptors (Lipinski definition) is 2. The summed E-state index contributed by atoms with van der Waals surface area (Å²) < 4.78 is 6.40. The molecule has 1 aliphatic carbocycles. The van der Waals surface area contributed by atoms with Crippen LogP contribution < -0.4 is 4.74 Å². The number of rotatable bonds is 2. The molecule has 0 aliphatic heterocycles. The van der Waals surface area contributed by atoms with Crippen LogP contribution >= 0.6 is 0 Å². The van der Waals surface area contributed by atoms with Crippen molar-refractivity contribution in [1.29, 1.82) is 0 Å². The second-order valence-electron chi connectivity index (χ2n) is 9.63. The molecule has 6 aromatic rings. The molecule has 0 heterocycles. The number of hydrogen-bond donors (Lipinski definition) is 0. The van der Waals surface area contributed by atoms with Crippen LogP contribution in [0.4, 0.5) is 0 Å². The summed E-state index contributed by atoms with van der Waals surface area (Å²) in [6.45, 7) is 0. The Hall–Kier alpha value is -3.91. The lowest BCUT2D eigenvalue weighted by molar-refractivity contribution is -0.121. The van der Waals surface area contributed by atoms with E-state index in [2.05, 4.69) is 91.0 Å². The molecule has 1 fully saturated rings. The van der Waals surface area contributed by atoms with Gasteiger partial charge in [0.15, 0.2) is 0 Å². The first-order chi connectivity index (χ1) is 16.7. The van der Waals surface area contributed by atoms with Crippen LogP contribution in [-0.2, 0) is 4.79 Å². The van der Waals surface area contributed by atoms with E-state index in [1.807, 2.05) is 0 Å². The zero-order chi connectivity index (χ0) is 22.6. The Bertz CT molecular complexity index is 1750. The fourth-order valence-electron chi connectivity index (χ4n) is 5.51. The van der Waals surface area contributed by atoms with Crippen LogP contribution in [-0.4, -0.2) is 11.9 Å². The van der Waals surface area contributed by atoms with Gasteiger partial charge in [-0.05, 0) is 116 Å². The average Bonchev–Trinajstić information content (AvgIpc) is 2.85. The minimum atomic E-state index is 0.122. The molecule has 0 amide bonds. The Morgan fingerprint density at radius 3 is 1.59 bits per heavy atom. The van der Waals surface area contributed by atoms with Gasteiger partial charge in [0, 0.05) is 18.2 Å². The van der Waals surface area contributed by atoms with Gasteiger partial charge in [-0.1, -0.05) is 36.4 Å². The van der Waals surface area contributed by atoms with Crippen LogP contribution in [0.5, 0.6) is 5.75 Å².